The zero-order chi connectivity index (χ0) is 13.0. The normalized spacial score (nSPS) is 11.3. The highest BCUT2D eigenvalue weighted by Gasteiger charge is 2.06. The lowest BCUT2D eigenvalue weighted by atomic mass is 10.2. The van der Waals surface area contributed by atoms with E-state index in [-0.39, 0.29) is 0 Å². The van der Waals surface area contributed by atoms with Crippen LogP contribution in [0.4, 0.5) is 0 Å². The van der Waals surface area contributed by atoms with Crippen molar-refractivity contribution in [1.82, 2.24) is 20.1 Å². The van der Waals surface area contributed by atoms with Gasteiger partial charge in [0.15, 0.2) is 0 Å². The Bertz CT molecular complexity index is 473. The monoisotopic (exact) mass is 264 g/mol. The van der Waals surface area contributed by atoms with Gasteiger partial charge in [0, 0.05) is 29.9 Å². The van der Waals surface area contributed by atoms with Crippen LogP contribution in [0.2, 0.25) is 0 Å². The van der Waals surface area contributed by atoms with E-state index in [0.29, 0.717) is 5.92 Å². The van der Waals surface area contributed by atoms with E-state index in [0.717, 1.165) is 30.3 Å². The van der Waals surface area contributed by atoms with Crippen molar-refractivity contribution in [2.45, 2.75) is 33.9 Å². The van der Waals surface area contributed by atoms with Crippen LogP contribution < -0.4 is 5.32 Å². The summed E-state index contributed by atoms with van der Waals surface area (Å²) in [5.41, 5.74) is 2.37. The fraction of sp³-hybridized carbons (Fsp3) is 0.538. The number of aryl methyl sites for hydroxylation is 1. The maximum absolute atomic E-state index is 4.53. The molecule has 1 N–H and O–H groups in total. The summed E-state index contributed by atoms with van der Waals surface area (Å²) in [6, 6.07) is 0. The lowest BCUT2D eigenvalue weighted by Crippen LogP contribution is -2.19. The number of aromatic nitrogens is 3. The van der Waals surface area contributed by atoms with E-state index in [1.165, 1.54) is 5.56 Å². The Morgan fingerprint density at radius 1 is 1.44 bits per heavy atom. The molecule has 2 rings (SSSR count). The van der Waals surface area contributed by atoms with Gasteiger partial charge in [0.05, 0.1) is 12.2 Å². The van der Waals surface area contributed by atoms with Gasteiger partial charge in [-0.25, -0.2) is 4.98 Å². The van der Waals surface area contributed by atoms with E-state index in [2.05, 4.69) is 42.4 Å². The van der Waals surface area contributed by atoms with Gasteiger partial charge in [-0.05, 0) is 19.4 Å². The fourth-order valence-electron chi connectivity index (χ4n) is 1.78. The summed E-state index contributed by atoms with van der Waals surface area (Å²) < 4.78 is 1.97. The van der Waals surface area contributed by atoms with E-state index >= 15 is 0 Å². The summed E-state index contributed by atoms with van der Waals surface area (Å²) in [5.74, 6) is 0.677. The minimum Gasteiger partial charge on any atom is -0.312 e. The van der Waals surface area contributed by atoms with Crippen LogP contribution in [0.25, 0.3) is 0 Å². The molecule has 4 nitrogen and oxygen atoms in total. The van der Waals surface area contributed by atoms with Crippen LogP contribution in [-0.2, 0) is 13.1 Å². The first-order valence-corrected chi connectivity index (χ1v) is 7.15. The third-order valence-electron chi connectivity index (χ3n) is 2.70. The van der Waals surface area contributed by atoms with Crippen LogP contribution in [0.15, 0.2) is 17.8 Å². The topological polar surface area (TPSA) is 42.7 Å². The molecule has 2 heterocycles. The van der Waals surface area contributed by atoms with Crippen molar-refractivity contribution >= 4 is 11.3 Å². The Hall–Kier alpha value is -1.20. The second-order valence-electron chi connectivity index (χ2n) is 4.89. The Morgan fingerprint density at radius 3 is 2.94 bits per heavy atom. The van der Waals surface area contributed by atoms with Gasteiger partial charge in [-0.2, -0.15) is 5.10 Å². The first-order chi connectivity index (χ1) is 8.65. The lowest BCUT2D eigenvalue weighted by molar-refractivity contribution is 0.551. The van der Waals surface area contributed by atoms with E-state index in [1.54, 1.807) is 11.3 Å². The average Bonchev–Trinajstić information content (AvgIpc) is 2.90. The number of thiazole rings is 1. The molecule has 5 heteroatoms. The predicted octanol–water partition coefficient (Wildman–Crippen LogP) is 2.44. The summed E-state index contributed by atoms with van der Waals surface area (Å²) in [5, 5.41) is 11.1. The molecule has 0 unspecified atom stereocenters. The second-order valence-corrected chi connectivity index (χ2v) is 5.87. The van der Waals surface area contributed by atoms with Gasteiger partial charge >= 0.3 is 0 Å². The predicted molar refractivity (Wildman–Crippen MR) is 74.7 cm³/mol. The summed E-state index contributed by atoms with van der Waals surface area (Å²) >= 11 is 1.67. The Kier molecular flexibility index (Phi) is 4.49. The van der Waals surface area contributed by atoms with Crippen molar-refractivity contribution < 1.29 is 0 Å². The maximum Gasteiger partial charge on any atom is 0.114 e. The van der Waals surface area contributed by atoms with Crippen molar-refractivity contribution in [2.75, 3.05) is 6.54 Å². The lowest BCUT2D eigenvalue weighted by Gasteiger charge is -2.05. The molecule has 0 saturated carbocycles. The molecule has 18 heavy (non-hydrogen) atoms. The summed E-state index contributed by atoms with van der Waals surface area (Å²) in [7, 11) is 0. The Labute approximate surface area is 112 Å². The minimum atomic E-state index is 0.677. The highest BCUT2D eigenvalue weighted by Crippen LogP contribution is 2.10. The zero-order valence-electron chi connectivity index (χ0n) is 11.2. The van der Waals surface area contributed by atoms with Crippen molar-refractivity contribution in [3.63, 3.8) is 0 Å². The van der Waals surface area contributed by atoms with E-state index in [1.807, 2.05) is 16.3 Å². The number of hydrogen-bond donors (Lipinski definition) is 1. The molecule has 0 bridgehead atoms. The van der Waals surface area contributed by atoms with Crippen LogP contribution in [-0.4, -0.2) is 21.3 Å². The minimum absolute atomic E-state index is 0.677. The molecular weight excluding hydrogens is 244 g/mol. The molecule has 0 aromatic carbocycles. The third-order valence-corrected chi connectivity index (χ3v) is 3.46. The van der Waals surface area contributed by atoms with Crippen LogP contribution in [0.1, 0.15) is 30.1 Å². The van der Waals surface area contributed by atoms with Gasteiger partial charge in [0.2, 0.25) is 0 Å². The van der Waals surface area contributed by atoms with Crippen LogP contribution in [0.5, 0.6) is 0 Å². The van der Waals surface area contributed by atoms with Gasteiger partial charge in [0.1, 0.15) is 5.01 Å². The molecule has 98 valence electrons. The largest absolute Gasteiger partial charge is 0.312 e. The molecule has 0 aliphatic rings. The fourth-order valence-corrected chi connectivity index (χ4v) is 2.39. The highest BCUT2D eigenvalue weighted by molar-refractivity contribution is 7.09. The summed E-state index contributed by atoms with van der Waals surface area (Å²) in [6.07, 6.45) is 3.95. The Balaban J connectivity index is 1.94. The van der Waals surface area contributed by atoms with Crippen molar-refractivity contribution in [2.24, 2.45) is 5.92 Å². The van der Waals surface area contributed by atoms with Crippen LogP contribution in [0.3, 0.4) is 0 Å². The SMILES string of the molecule is Cc1nn(Cc2nccs2)cc1CNCC(C)C. The van der Waals surface area contributed by atoms with Crippen molar-refractivity contribution in [1.29, 1.82) is 0 Å². The van der Waals surface area contributed by atoms with Gasteiger partial charge in [-0.3, -0.25) is 4.68 Å². The zero-order valence-corrected chi connectivity index (χ0v) is 12.0. The molecule has 0 amide bonds. The van der Waals surface area contributed by atoms with Crippen molar-refractivity contribution in [3.05, 3.63) is 34.0 Å². The van der Waals surface area contributed by atoms with E-state index < -0.39 is 0 Å². The molecule has 2 aromatic heterocycles. The number of hydrogen-bond acceptors (Lipinski definition) is 4. The molecule has 0 saturated heterocycles. The number of nitrogens with one attached hydrogen (secondary N) is 1. The highest BCUT2D eigenvalue weighted by atomic mass is 32.1. The summed E-state index contributed by atoms with van der Waals surface area (Å²) in [6.45, 7) is 9.18. The van der Waals surface area contributed by atoms with E-state index in [9.17, 15) is 0 Å². The number of nitrogens with zero attached hydrogens (tertiary/aromatic N) is 3. The molecule has 2 aromatic rings. The summed E-state index contributed by atoms with van der Waals surface area (Å²) in [4.78, 5) is 4.28. The standard InChI is InChI=1S/C13H20N4S/c1-10(2)6-14-7-12-8-17(16-11(12)3)9-13-15-4-5-18-13/h4-5,8,10,14H,6-7,9H2,1-3H3. The molecular formula is C13H20N4S. The Morgan fingerprint density at radius 2 is 2.28 bits per heavy atom. The second kappa shape index (κ2) is 6.11. The van der Waals surface area contributed by atoms with Crippen LogP contribution >= 0.6 is 11.3 Å². The van der Waals surface area contributed by atoms with Gasteiger partial charge in [0.25, 0.3) is 0 Å². The van der Waals surface area contributed by atoms with Crippen LogP contribution in [0, 0.1) is 12.8 Å². The molecule has 0 atom stereocenters. The van der Waals surface area contributed by atoms with Crippen molar-refractivity contribution in [3.8, 4) is 0 Å². The van der Waals surface area contributed by atoms with Gasteiger partial charge in [-0.15, -0.1) is 11.3 Å². The smallest absolute Gasteiger partial charge is 0.114 e. The molecule has 0 aliphatic heterocycles. The average molecular weight is 264 g/mol. The quantitative estimate of drug-likeness (QED) is 0.871. The molecule has 0 aliphatic carbocycles. The number of rotatable bonds is 6. The first kappa shape index (κ1) is 13.2. The maximum atomic E-state index is 4.53. The van der Waals surface area contributed by atoms with Gasteiger partial charge in [-0.1, -0.05) is 13.8 Å². The molecule has 0 spiro atoms. The molecule has 0 fully saturated rings. The third kappa shape index (κ3) is 3.65. The molecule has 0 radical (unpaired) electrons. The van der Waals surface area contributed by atoms with E-state index in [4.69, 9.17) is 0 Å². The van der Waals surface area contributed by atoms with Gasteiger partial charge < -0.3 is 5.32 Å². The first-order valence-electron chi connectivity index (χ1n) is 6.27.